The SMILES string of the molecule is Cc1ccc(CNC(=O)[C@H]2CCCN(C(=O)c3ccc(F)cc3)C2)cc1. The van der Waals surface area contributed by atoms with E-state index in [9.17, 15) is 14.0 Å². The number of likely N-dealkylation sites (tertiary alicyclic amines) is 1. The van der Waals surface area contributed by atoms with Crippen molar-refractivity contribution in [3.05, 3.63) is 71.0 Å². The van der Waals surface area contributed by atoms with Crippen molar-refractivity contribution < 1.29 is 14.0 Å². The van der Waals surface area contributed by atoms with E-state index in [-0.39, 0.29) is 23.5 Å². The van der Waals surface area contributed by atoms with Gasteiger partial charge in [-0.05, 0) is 49.6 Å². The van der Waals surface area contributed by atoms with Gasteiger partial charge in [-0.3, -0.25) is 9.59 Å². The molecule has 4 nitrogen and oxygen atoms in total. The molecule has 2 aromatic rings. The Morgan fingerprint density at radius 1 is 1.12 bits per heavy atom. The summed E-state index contributed by atoms with van der Waals surface area (Å²) in [5, 5.41) is 2.97. The van der Waals surface area contributed by atoms with Crippen LogP contribution in [-0.4, -0.2) is 29.8 Å². The normalized spacial score (nSPS) is 17.0. The zero-order chi connectivity index (χ0) is 18.5. The van der Waals surface area contributed by atoms with E-state index < -0.39 is 0 Å². The first kappa shape index (κ1) is 18.1. The van der Waals surface area contributed by atoms with Crippen LogP contribution >= 0.6 is 0 Å². The van der Waals surface area contributed by atoms with Gasteiger partial charge in [0.25, 0.3) is 5.91 Å². The molecule has 2 amide bonds. The molecule has 1 saturated heterocycles. The van der Waals surface area contributed by atoms with E-state index in [1.165, 1.54) is 29.8 Å². The van der Waals surface area contributed by atoms with Crippen molar-refractivity contribution in [2.45, 2.75) is 26.3 Å². The lowest BCUT2D eigenvalue weighted by atomic mass is 9.96. The molecule has 1 fully saturated rings. The van der Waals surface area contributed by atoms with Crippen molar-refractivity contribution in [2.75, 3.05) is 13.1 Å². The van der Waals surface area contributed by atoms with Crippen molar-refractivity contribution in [1.82, 2.24) is 10.2 Å². The molecule has 0 spiro atoms. The summed E-state index contributed by atoms with van der Waals surface area (Å²) in [5.74, 6) is -0.754. The van der Waals surface area contributed by atoms with Gasteiger partial charge in [0, 0.05) is 25.2 Å². The van der Waals surface area contributed by atoms with Crippen LogP contribution in [0.5, 0.6) is 0 Å². The topological polar surface area (TPSA) is 49.4 Å². The second kappa shape index (κ2) is 8.13. The first-order valence-corrected chi connectivity index (χ1v) is 8.91. The zero-order valence-electron chi connectivity index (χ0n) is 14.9. The van der Waals surface area contributed by atoms with Crippen LogP contribution in [0.3, 0.4) is 0 Å². The van der Waals surface area contributed by atoms with E-state index in [2.05, 4.69) is 5.32 Å². The van der Waals surface area contributed by atoms with E-state index in [0.29, 0.717) is 25.2 Å². The molecule has 1 heterocycles. The van der Waals surface area contributed by atoms with Crippen LogP contribution in [0.4, 0.5) is 4.39 Å². The Morgan fingerprint density at radius 3 is 2.50 bits per heavy atom. The van der Waals surface area contributed by atoms with Crippen molar-refractivity contribution in [2.24, 2.45) is 5.92 Å². The molecule has 0 aromatic heterocycles. The summed E-state index contributed by atoms with van der Waals surface area (Å²) in [7, 11) is 0. The highest BCUT2D eigenvalue weighted by Gasteiger charge is 2.28. The molecular weight excluding hydrogens is 331 g/mol. The number of amides is 2. The number of halogens is 1. The third-order valence-electron chi connectivity index (χ3n) is 4.76. The number of carbonyl (C=O) groups excluding carboxylic acids is 2. The van der Waals surface area contributed by atoms with Crippen LogP contribution < -0.4 is 5.32 Å². The number of nitrogens with one attached hydrogen (secondary N) is 1. The fraction of sp³-hybridized carbons (Fsp3) is 0.333. The first-order valence-electron chi connectivity index (χ1n) is 8.91. The lowest BCUT2D eigenvalue weighted by molar-refractivity contribution is -0.126. The molecule has 136 valence electrons. The van der Waals surface area contributed by atoms with Crippen LogP contribution in [0.25, 0.3) is 0 Å². The predicted molar refractivity (Wildman–Crippen MR) is 98.1 cm³/mol. The fourth-order valence-corrected chi connectivity index (χ4v) is 3.19. The Balaban J connectivity index is 1.57. The number of carbonyl (C=O) groups is 2. The van der Waals surface area contributed by atoms with Crippen LogP contribution in [0.2, 0.25) is 0 Å². The maximum atomic E-state index is 13.0. The third-order valence-corrected chi connectivity index (χ3v) is 4.76. The molecule has 0 bridgehead atoms. The van der Waals surface area contributed by atoms with Crippen LogP contribution in [0.15, 0.2) is 48.5 Å². The Hall–Kier alpha value is -2.69. The minimum absolute atomic E-state index is 0.0258. The van der Waals surface area contributed by atoms with Gasteiger partial charge in [-0.1, -0.05) is 29.8 Å². The number of hydrogen-bond donors (Lipinski definition) is 1. The molecule has 26 heavy (non-hydrogen) atoms. The monoisotopic (exact) mass is 354 g/mol. The second-order valence-corrected chi connectivity index (χ2v) is 6.80. The number of hydrogen-bond acceptors (Lipinski definition) is 2. The van der Waals surface area contributed by atoms with Gasteiger partial charge in [-0.25, -0.2) is 4.39 Å². The van der Waals surface area contributed by atoms with Crippen LogP contribution in [-0.2, 0) is 11.3 Å². The highest BCUT2D eigenvalue weighted by molar-refractivity contribution is 5.94. The molecule has 0 radical (unpaired) electrons. The molecule has 0 unspecified atom stereocenters. The van der Waals surface area contributed by atoms with Crippen molar-refractivity contribution in [1.29, 1.82) is 0 Å². The fourth-order valence-electron chi connectivity index (χ4n) is 3.19. The number of aryl methyl sites for hydroxylation is 1. The number of nitrogens with zero attached hydrogens (tertiary/aromatic N) is 1. The molecular formula is C21H23FN2O2. The lowest BCUT2D eigenvalue weighted by Gasteiger charge is -2.32. The van der Waals surface area contributed by atoms with Gasteiger partial charge >= 0.3 is 0 Å². The van der Waals surface area contributed by atoms with E-state index in [0.717, 1.165) is 18.4 Å². The standard InChI is InChI=1S/C21H23FN2O2/c1-15-4-6-16(7-5-15)13-23-20(25)18-3-2-12-24(14-18)21(26)17-8-10-19(22)11-9-17/h4-11,18H,2-3,12-14H2,1H3,(H,23,25)/t18-/m0/s1. The maximum absolute atomic E-state index is 13.0. The number of rotatable bonds is 4. The van der Waals surface area contributed by atoms with Crippen LogP contribution in [0.1, 0.15) is 34.3 Å². The molecule has 1 N–H and O–H groups in total. The Labute approximate surface area is 153 Å². The molecule has 2 aromatic carbocycles. The molecule has 0 saturated carbocycles. The minimum Gasteiger partial charge on any atom is -0.352 e. The summed E-state index contributed by atoms with van der Waals surface area (Å²) < 4.78 is 13.0. The van der Waals surface area contributed by atoms with Gasteiger partial charge in [0.2, 0.25) is 5.91 Å². The molecule has 0 aliphatic carbocycles. The average molecular weight is 354 g/mol. The quantitative estimate of drug-likeness (QED) is 0.916. The van der Waals surface area contributed by atoms with Gasteiger partial charge in [-0.2, -0.15) is 0 Å². The summed E-state index contributed by atoms with van der Waals surface area (Å²) in [4.78, 5) is 26.7. The van der Waals surface area contributed by atoms with Gasteiger partial charge in [0.15, 0.2) is 0 Å². The van der Waals surface area contributed by atoms with Crippen molar-refractivity contribution in [3.63, 3.8) is 0 Å². The molecule has 1 aliphatic rings. The maximum Gasteiger partial charge on any atom is 0.253 e. The van der Waals surface area contributed by atoms with E-state index in [4.69, 9.17) is 0 Å². The second-order valence-electron chi connectivity index (χ2n) is 6.80. The zero-order valence-corrected chi connectivity index (χ0v) is 14.9. The minimum atomic E-state index is -0.367. The Morgan fingerprint density at radius 2 is 1.81 bits per heavy atom. The molecule has 3 rings (SSSR count). The third kappa shape index (κ3) is 4.48. The van der Waals surface area contributed by atoms with Gasteiger partial charge in [-0.15, -0.1) is 0 Å². The summed E-state index contributed by atoms with van der Waals surface area (Å²) >= 11 is 0. The van der Waals surface area contributed by atoms with E-state index in [1.54, 1.807) is 4.90 Å². The molecule has 1 aliphatic heterocycles. The predicted octanol–water partition coefficient (Wildman–Crippen LogP) is 3.30. The largest absolute Gasteiger partial charge is 0.352 e. The van der Waals surface area contributed by atoms with E-state index >= 15 is 0 Å². The Kier molecular flexibility index (Phi) is 5.66. The van der Waals surface area contributed by atoms with E-state index in [1.807, 2.05) is 31.2 Å². The van der Waals surface area contributed by atoms with Crippen LogP contribution in [0, 0.1) is 18.7 Å². The number of piperidine rings is 1. The summed E-state index contributed by atoms with van der Waals surface area (Å²) in [6.07, 6.45) is 1.56. The lowest BCUT2D eigenvalue weighted by Crippen LogP contribution is -2.45. The average Bonchev–Trinajstić information content (AvgIpc) is 2.67. The van der Waals surface area contributed by atoms with Crippen molar-refractivity contribution >= 4 is 11.8 Å². The highest BCUT2D eigenvalue weighted by atomic mass is 19.1. The summed E-state index contributed by atoms with van der Waals surface area (Å²) in [6, 6.07) is 13.6. The summed E-state index contributed by atoms with van der Waals surface area (Å²) in [6.45, 7) is 3.53. The van der Waals surface area contributed by atoms with Crippen molar-refractivity contribution in [3.8, 4) is 0 Å². The highest BCUT2D eigenvalue weighted by Crippen LogP contribution is 2.19. The molecule has 5 heteroatoms. The first-order chi connectivity index (χ1) is 12.5. The van der Waals surface area contributed by atoms with Gasteiger partial charge < -0.3 is 10.2 Å². The van der Waals surface area contributed by atoms with Gasteiger partial charge in [0.05, 0.1) is 5.92 Å². The van der Waals surface area contributed by atoms with Gasteiger partial charge in [0.1, 0.15) is 5.82 Å². The number of benzene rings is 2. The Bertz CT molecular complexity index is 772. The smallest absolute Gasteiger partial charge is 0.253 e. The summed E-state index contributed by atoms with van der Waals surface area (Å²) in [5.41, 5.74) is 2.69. The molecule has 1 atom stereocenters.